The van der Waals surface area contributed by atoms with Gasteiger partial charge in [-0.05, 0) is 31.4 Å². The molecule has 1 aliphatic carbocycles. The van der Waals surface area contributed by atoms with Gasteiger partial charge in [0.25, 0.3) is 0 Å². The van der Waals surface area contributed by atoms with Crippen LogP contribution in [0.4, 0.5) is 0 Å². The van der Waals surface area contributed by atoms with Gasteiger partial charge in [-0.15, -0.1) is 0 Å². The average molecular weight is 298 g/mol. The van der Waals surface area contributed by atoms with Crippen molar-refractivity contribution >= 4 is 11.6 Å². The molecule has 0 aromatic heterocycles. The molecule has 20 heavy (non-hydrogen) atoms. The predicted molar refractivity (Wildman–Crippen MR) is 82.1 cm³/mol. The first kappa shape index (κ1) is 15.8. The molecule has 112 valence electrons. The van der Waals surface area contributed by atoms with E-state index < -0.39 is 6.10 Å². The first-order valence-corrected chi connectivity index (χ1v) is 7.82. The van der Waals surface area contributed by atoms with Crippen LogP contribution >= 0.6 is 11.6 Å². The Bertz CT molecular complexity index is 407. The topological polar surface area (TPSA) is 41.5 Å². The smallest absolute Gasteiger partial charge is 0.0898 e. The van der Waals surface area contributed by atoms with Gasteiger partial charge in [-0.1, -0.05) is 42.6 Å². The molecular formula is C16H24ClNO2. The predicted octanol–water partition coefficient (Wildman–Crippen LogP) is 3.31. The Morgan fingerprint density at radius 1 is 1.35 bits per heavy atom. The third-order valence-corrected chi connectivity index (χ3v) is 4.20. The molecule has 0 spiro atoms. The summed E-state index contributed by atoms with van der Waals surface area (Å²) in [6.07, 6.45) is 4.66. The van der Waals surface area contributed by atoms with Crippen LogP contribution in [-0.4, -0.2) is 30.5 Å². The number of ether oxygens (including phenoxy) is 1. The molecule has 3 nitrogen and oxygen atoms in total. The van der Waals surface area contributed by atoms with E-state index in [0.29, 0.717) is 19.3 Å². The Morgan fingerprint density at radius 2 is 2.05 bits per heavy atom. The van der Waals surface area contributed by atoms with Crippen molar-refractivity contribution in [2.45, 2.75) is 50.9 Å². The van der Waals surface area contributed by atoms with E-state index in [0.717, 1.165) is 23.4 Å². The van der Waals surface area contributed by atoms with Crippen molar-refractivity contribution in [1.29, 1.82) is 0 Å². The van der Waals surface area contributed by atoms with Gasteiger partial charge in [-0.3, -0.25) is 0 Å². The van der Waals surface area contributed by atoms with E-state index in [9.17, 15) is 5.11 Å². The fourth-order valence-corrected chi connectivity index (χ4v) is 2.91. The Kier molecular flexibility index (Phi) is 6.30. The third kappa shape index (κ3) is 4.74. The number of halogens is 1. The number of rotatable bonds is 7. The van der Waals surface area contributed by atoms with Gasteiger partial charge in [0.2, 0.25) is 0 Å². The van der Waals surface area contributed by atoms with Crippen LogP contribution in [-0.2, 0) is 4.74 Å². The highest BCUT2D eigenvalue weighted by Crippen LogP contribution is 2.22. The lowest BCUT2D eigenvalue weighted by atomic mass is 10.1. The number of hydrogen-bond donors (Lipinski definition) is 2. The van der Waals surface area contributed by atoms with E-state index in [2.05, 4.69) is 5.32 Å². The van der Waals surface area contributed by atoms with Gasteiger partial charge in [0.15, 0.2) is 0 Å². The minimum atomic E-state index is -0.472. The van der Waals surface area contributed by atoms with E-state index in [4.69, 9.17) is 16.3 Å². The SMILES string of the molecule is CC(NCC(O)COC1CCCC1)c1ccccc1Cl. The second-order valence-corrected chi connectivity index (χ2v) is 5.95. The van der Waals surface area contributed by atoms with E-state index in [1.165, 1.54) is 12.8 Å². The summed E-state index contributed by atoms with van der Waals surface area (Å²) in [7, 11) is 0. The molecule has 1 fully saturated rings. The summed E-state index contributed by atoms with van der Waals surface area (Å²) in [5.74, 6) is 0. The molecule has 0 heterocycles. The van der Waals surface area contributed by atoms with Gasteiger partial charge in [0.05, 0.1) is 18.8 Å². The minimum Gasteiger partial charge on any atom is -0.389 e. The quantitative estimate of drug-likeness (QED) is 0.811. The van der Waals surface area contributed by atoms with Crippen molar-refractivity contribution in [3.05, 3.63) is 34.9 Å². The maximum atomic E-state index is 9.95. The fourth-order valence-electron chi connectivity index (χ4n) is 2.61. The maximum absolute atomic E-state index is 9.95. The van der Waals surface area contributed by atoms with Gasteiger partial charge >= 0.3 is 0 Å². The molecule has 1 aromatic rings. The maximum Gasteiger partial charge on any atom is 0.0898 e. The lowest BCUT2D eigenvalue weighted by molar-refractivity contribution is -0.00610. The van der Waals surface area contributed by atoms with Crippen LogP contribution in [0.3, 0.4) is 0 Å². The minimum absolute atomic E-state index is 0.116. The molecule has 1 aromatic carbocycles. The van der Waals surface area contributed by atoms with Crippen LogP contribution in [0.5, 0.6) is 0 Å². The number of aliphatic hydroxyl groups is 1. The van der Waals surface area contributed by atoms with E-state index >= 15 is 0 Å². The second-order valence-electron chi connectivity index (χ2n) is 5.55. The summed E-state index contributed by atoms with van der Waals surface area (Å²) in [4.78, 5) is 0. The molecule has 0 saturated heterocycles. The highest BCUT2D eigenvalue weighted by molar-refractivity contribution is 6.31. The van der Waals surface area contributed by atoms with Crippen molar-refractivity contribution in [3.63, 3.8) is 0 Å². The molecule has 1 saturated carbocycles. The molecular weight excluding hydrogens is 274 g/mol. The number of benzene rings is 1. The molecule has 0 amide bonds. The largest absolute Gasteiger partial charge is 0.389 e. The van der Waals surface area contributed by atoms with Crippen LogP contribution in [0.2, 0.25) is 5.02 Å². The van der Waals surface area contributed by atoms with Gasteiger partial charge in [0, 0.05) is 17.6 Å². The normalized spacial score (nSPS) is 19.1. The molecule has 2 unspecified atom stereocenters. The molecule has 4 heteroatoms. The summed E-state index contributed by atoms with van der Waals surface area (Å²) in [6.45, 7) is 2.97. The highest BCUT2D eigenvalue weighted by atomic mass is 35.5. The standard InChI is InChI=1S/C16H24ClNO2/c1-12(15-8-4-5-9-16(15)17)18-10-13(19)11-20-14-6-2-3-7-14/h4-5,8-9,12-14,18-19H,2-3,6-7,10-11H2,1H3. The average Bonchev–Trinajstić information content (AvgIpc) is 2.96. The lowest BCUT2D eigenvalue weighted by Crippen LogP contribution is -2.33. The first-order chi connectivity index (χ1) is 9.66. The van der Waals surface area contributed by atoms with Crippen LogP contribution in [0, 0.1) is 0 Å². The van der Waals surface area contributed by atoms with E-state index in [1.807, 2.05) is 31.2 Å². The molecule has 0 aliphatic heterocycles. The molecule has 2 rings (SSSR count). The summed E-state index contributed by atoms with van der Waals surface area (Å²) in [5, 5.41) is 14.0. The van der Waals surface area contributed by atoms with Crippen molar-refractivity contribution in [3.8, 4) is 0 Å². The molecule has 0 bridgehead atoms. The van der Waals surface area contributed by atoms with Gasteiger partial charge < -0.3 is 15.2 Å². The zero-order valence-electron chi connectivity index (χ0n) is 12.0. The molecule has 2 N–H and O–H groups in total. The second kappa shape index (κ2) is 7.99. The van der Waals surface area contributed by atoms with E-state index in [-0.39, 0.29) is 6.04 Å². The first-order valence-electron chi connectivity index (χ1n) is 7.44. The van der Waals surface area contributed by atoms with Crippen LogP contribution in [0.15, 0.2) is 24.3 Å². The van der Waals surface area contributed by atoms with Gasteiger partial charge in [0.1, 0.15) is 0 Å². The fraction of sp³-hybridized carbons (Fsp3) is 0.625. The summed E-state index contributed by atoms with van der Waals surface area (Å²) >= 11 is 6.15. The monoisotopic (exact) mass is 297 g/mol. The molecule has 0 radical (unpaired) electrons. The van der Waals surface area contributed by atoms with E-state index in [1.54, 1.807) is 0 Å². The summed E-state index contributed by atoms with van der Waals surface area (Å²) in [6, 6.07) is 7.89. The lowest BCUT2D eigenvalue weighted by Gasteiger charge is -2.20. The van der Waals surface area contributed by atoms with Crippen LogP contribution < -0.4 is 5.32 Å². The van der Waals surface area contributed by atoms with Crippen LogP contribution in [0.1, 0.15) is 44.2 Å². The highest BCUT2D eigenvalue weighted by Gasteiger charge is 2.17. The summed E-state index contributed by atoms with van der Waals surface area (Å²) in [5.41, 5.74) is 1.05. The molecule has 2 atom stereocenters. The Hall–Kier alpha value is -0.610. The number of hydrogen-bond acceptors (Lipinski definition) is 3. The van der Waals surface area contributed by atoms with Crippen molar-refractivity contribution in [1.82, 2.24) is 5.32 Å². The molecule has 1 aliphatic rings. The Morgan fingerprint density at radius 3 is 2.75 bits per heavy atom. The van der Waals surface area contributed by atoms with Crippen molar-refractivity contribution in [2.75, 3.05) is 13.2 Å². The van der Waals surface area contributed by atoms with Gasteiger partial charge in [-0.2, -0.15) is 0 Å². The van der Waals surface area contributed by atoms with Gasteiger partial charge in [-0.25, -0.2) is 0 Å². The van der Waals surface area contributed by atoms with Crippen molar-refractivity contribution < 1.29 is 9.84 Å². The third-order valence-electron chi connectivity index (χ3n) is 3.86. The zero-order chi connectivity index (χ0) is 14.4. The number of nitrogens with one attached hydrogen (secondary N) is 1. The van der Waals surface area contributed by atoms with Crippen LogP contribution in [0.25, 0.3) is 0 Å². The Labute approximate surface area is 126 Å². The number of aliphatic hydroxyl groups excluding tert-OH is 1. The summed E-state index contributed by atoms with van der Waals surface area (Å²) < 4.78 is 5.71. The van der Waals surface area contributed by atoms with Crippen molar-refractivity contribution in [2.24, 2.45) is 0 Å². The zero-order valence-corrected chi connectivity index (χ0v) is 12.8. The Balaban J connectivity index is 1.69.